The highest BCUT2D eigenvalue weighted by molar-refractivity contribution is 6.33. The van der Waals surface area contributed by atoms with Gasteiger partial charge in [0.05, 0.1) is 11.2 Å². The summed E-state index contributed by atoms with van der Waals surface area (Å²) in [6.07, 6.45) is 5.49. The van der Waals surface area contributed by atoms with Crippen molar-refractivity contribution in [1.82, 2.24) is 9.88 Å². The molecule has 0 bridgehead atoms. The van der Waals surface area contributed by atoms with Crippen molar-refractivity contribution >= 4 is 29.1 Å². The maximum absolute atomic E-state index is 12.9. The zero-order chi connectivity index (χ0) is 23.4. The summed E-state index contributed by atoms with van der Waals surface area (Å²) in [4.78, 5) is 31.6. The number of rotatable bonds is 6. The predicted molar refractivity (Wildman–Crippen MR) is 129 cm³/mol. The van der Waals surface area contributed by atoms with E-state index in [4.69, 9.17) is 16.0 Å². The Kier molecular flexibility index (Phi) is 7.14. The molecule has 7 heteroatoms. The van der Waals surface area contributed by atoms with Crippen molar-refractivity contribution in [3.63, 3.8) is 0 Å². The number of piperidine rings is 1. The topological polar surface area (TPSA) is 75.4 Å². The van der Waals surface area contributed by atoms with Gasteiger partial charge in [0.25, 0.3) is 5.91 Å². The number of halogens is 1. The predicted octanol–water partition coefficient (Wildman–Crippen LogP) is 5.89. The number of nitrogens with zero attached hydrogens (tertiary/aromatic N) is 2. The van der Waals surface area contributed by atoms with Gasteiger partial charge in [0.15, 0.2) is 11.7 Å². The van der Waals surface area contributed by atoms with Crippen molar-refractivity contribution in [3.05, 3.63) is 70.7 Å². The van der Waals surface area contributed by atoms with Crippen molar-refractivity contribution in [1.29, 1.82) is 0 Å². The van der Waals surface area contributed by atoms with Crippen LogP contribution in [-0.2, 0) is 11.2 Å². The molecule has 1 unspecified atom stereocenters. The molecule has 1 N–H and O–H groups in total. The summed E-state index contributed by atoms with van der Waals surface area (Å²) in [7, 11) is 0. The maximum atomic E-state index is 12.9. The van der Waals surface area contributed by atoms with Gasteiger partial charge in [-0.15, -0.1) is 0 Å². The van der Waals surface area contributed by atoms with Gasteiger partial charge in [-0.25, -0.2) is 4.98 Å². The summed E-state index contributed by atoms with van der Waals surface area (Å²) in [6, 6.07) is 13.1. The number of anilines is 1. The highest BCUT2D eigenvalue weighted by atomic mass is 35.5. The number of oxazole rings is 1. The van der Waals surface area contributed by atoms with Crippen molar-refractivity contribution in [2.75, 3.05) is 11.9 Å². The number of carbonyl (C=O) groups is 2. The summed E-state index contributed by atoms with van der Waals surface area (Å²) in [6.45, 7) is 4.80. The zero-order valence-electron chi connectivity index (χ0n) is 18.9. The average Bonchev–Trinajstić information content (AvgIpc) is 3.28. The molecule has 1 aromatic heterocycles. The van der Waals surface area contributed by atoms with Gasteiger partial charge in [0.2, 0.25) is 5.91 Å². The Morgan fingerprint density at radius 1 is 1.21 bits per heavy atom. The van der Waals surface area contributed by atoms with Gasteiger partial charge >= 0.3 is 0 Å². The minimum atomic E-state index is -0.140. The van der Waals surface area contributed by atoms with Gasteiger partial charge in [-0.1, -0.05) is 23.7 Å². The van der Waals surface area contributed by atoms with E-state index in [0.29, 0.717) is 34.3 Å². The minimum Gasteiger partial charge on any atom is -0.441 e. The Labute approximate surface area is 199 Å². The van der Waals surface area contributed by atoms with Gasteiger partial charge in [-0.3, -0.25) is 9.59 Å². The molecular weight excluding hydrogens is 438 g/mol. The fraction of sp³-hybridized carbons (Fsp3) is 0.346. The Morgan fingerprint density at radius 2 is 2.03 bits per heavy atom. The first-order chi connectivity index (χ1) is 15.9. The second kappa shape index (κ2) is 10.2. The number of aromatic nitrogens is 1. The number of likely N-dealkylation sites (tertiary alicyclic amines) is 1. The molecule has 1 saturated heterocycles. The lowest BCUT2D eigenvalue weighted by atomic mass is 10.0. The van der Waals surface area contributed by atoms with Crippen molar-refractivity contribution in [2.24, 2.45) is 0 Å². The Hall–Kier alpha value is -3.12. The third-order valence-corrected chi connectivity index (χ3v) is 6.40. The second-order valence-electron chi connectivity index (χ2n) is 8.52. The lowest BCUT2D eigenvalue weighted by Gasteiger charge is -2.33. The third kappa shape index (κ3) is 5.45. The third-order valence-electron chi connectivity index (χ3n) is 6.07. The molecular formula is C26H28ClN3O3. The lowest BCUT2D eigenvalue weighted by molar-refractivity contribution is -0.116. The van der Waals surface area contributed by atoms with Crippen molar-refractivity contribution in [2.45, 2.75) is 52.0 Å². The van der Waals surface area contributed by atoms with Gasteiger partial charge in [-0.2, -0.15) is 0 Å². The molecule has 3 aromatic rings. The maximum Gasteiger partial charge on any atom is 0.254 e. The monoisotopic (exact) mass is 465 g/mol. The number of nitrogens with one attached hydrogen (secondary N) is 1. The van der Waals surface area contributed by atoms with E-state index in [1.807, 2.05) is 36.1 Å². The van der Waals surface area contributed by atoms with E-state index in [9.17, 15) is 9.59 Å². The van der Waals surface area contributed by atoms with Gasteiger partial charge in [0, 0.05) is 42.2 Å². The molecule has 33 heavy (non-hydrogen) atoms. The van der Waals surface area contributed by atoms with Crippen LogP contribution in [0.3, 0.4) is 0 Å². The molecule has 2 amide bonds. The first-order valence-electron chi connectivity index (χ1n) is 11.3. The fourth-order valence-corrected chi connectivity index (χ4v) is 4.38. The molecule has 0 radical (unpaired) electrons. The number of carbonyl (C=O) groups excluding carboxylic acids is 2. The molecule has 1 aliphatic rings. The molecule has 0 saturated carbocycles. The molecule has 0 spiro atoms. The Bertz CT molecular complexity index is 1160. The summed E-state index contributed by atoms with van der Waals surface area (Å²) < 4.78 is 5.77. The van der Waals surface area contributed by atoms with Crippen LogP contribution in [0.25, 0.3) is 11.3 Å². The number of hydrogen-bond donors (Lipinski definition) is 1. The van der Waals surface area contributed by atoms with Gasteiger partial charge in [0.1, 0.15) is 0 Å². The standard InChI is InChI=1S/C26H28ClN3O3/c1-17-15-19(26(32)30-14-6-5-7-18(30)2)10-11-22(17)29-24(31)12-13-25-28-16-23(33-25)20-8-3-4-9-21(20)27/h3-4,8-11,15-16,18H,5-7,12-14H2,1-2H3,(H,29,31). The van der Waals surface area contributed by atoms with E-state index in [-0.39, 0.29) is 24.3 Å². The first-order valence-corrected chi connectivity index (χ1v) is 11.7. The first kappa shape index (κ1) is 23.1. The zero-order valence-corrected chi connectivity index (χ0v) is 19.7. The molecule has 172 valence electrons. The Morgan fingerprint density at radius 3 is 2.79 bits per heavy atom. The SMILES string of the molecule is Cc1cc(C(=O)N2CCCCC2C)ccc1NC(=O)CCc1ncc(-c2ccccc2Cl)o1. The van der Waals surface area contributed by atoms with Crippen LogP contribution in [0.15, 0.2) is 53.1 Å². The van der Waals surface area contributed by atoms with Crippen LogP contribution >= 0.6 is 11.6 Å². The fourth-order valence-electron chi connectivity index (χ4n) is 4.15. The summed E-state index contributed by atoms with van der Waals surface area (Å²) in [5.74, 6) is 0.976. The summed E-state index contributed by atoms with van der Waals surface area (Å²) in [5.41, 5.74) is 2.99. The van der Waals surface area contributed by atoms with Crippen molar-refractivity contribution < 1.29 is 14.0 Å². The normalized spacial score (nSPS) is 16.0. The molecule has 0 aliphatic carbocycles. The van der Waals surface area contributed by atoms with E-state index in [2.05, 4.69) is 17.2 Å². The minimum absolute atomic E-state index is 0.0568. The van der Waals surface area contributed by atoms with E-state index < -0.39 is 0 Å². The van der Waals surface area contributed by atoms with E-state index >= 15 is 0 Å². The van der Waals surface area contributed by atoms with Crippen LogP contribution in [0.5, 0.6) is 0 Å². The van der Waals surface area contributed by atoms with E-state index in [0.717, 1.165) is 30.5 Å². The molecule has 1 atom stereocenters. The molecule has 2 heterocycles. The van der Waals surface area contributed by atoms with Crippen LogP contribution in [-0.4, -0.2) is 34.3 Å². The van der Waals surface area contributed by atoms with Crippen LogP contribution < -0.4 is 5.32 Å². The van der Waals surface area contributed by atoms with Crippen LogP contribution in [0, 0.1) is 6.92 Å². The largest absolute Gasteiger partial charge is 0.441 e. The highest BCUT2D eigenvalue weighted by Crippen LogP contribution is 2.28. The molecule has 6 nitrogen and oxygen atoms in total. The molecule has 1 fully saturated rings. The van der Waals surface area contributed by atoms with Crippen LogP contribution in [0.4, 0.5) is 5.69 Å². The van der Waals surface area contributed by atoms with Crippen LogP contribution in [0.1, 0.15) is 54.4 Å². The van der Waals surface area contributed by atoms with Gasteiger partial charge < -0.3 is 14.6 Å². The number of benzene rings is 2. The quantitative estimate of drug-likeness (QED) is 0.492. The smallest absolute Gasteiger partial charge is 0.254 e. The highest BCUT2D eigenvalue weighted by Gasteiger charge is 2.24. The number of aryl methyl sites for hydroxylation is 2. The summed E-state index contributed by atoms with van der Waals surface area (Å²) >= 11 is 6.21. The average molecular weight is 466 g/mol. The second-order valence-corrected chi connectivity index (χ2v) is 8.93. The van der Waals surface area contributed by atoms with E-state index in [1.165, 1.54) is 6.42 Å². The number of hydrogen-bond acceptors (Lipinski definition) is 4. The molecule has 1 aliphatic heterocycles. The lowest BCUT2D eigenvalue weighted by Crippen LogP contribution is -2.42. The Balaban J connectivity index is 1.34. The molecule has 2 aromatic carbocycles. The number of amides is 2. The van der Waals surface area contributed by atoms with Crippen molar-refractivity contribution in [3.8, 4) is 11.3 Å². The van der Waals surface area contributed by atoms with Crippen LogP contribution in [0.2, 0.25) is 5.02 Å². The molecule has 4 rings (SSSR count). The summed E-state index contributed by atoms with van der Waals surface area (Å²) in [5, 5.41) is 3.52. The van der Waals surface area contributed by atoms with E-state index in [1.54, 1.807) is 24.4 Å². The van der Waals surface area contributed by atoms with Gasteiger partial charge in [-0.05, 0) is 69.0 Å².